The van der Waals surface area contributed by atoms with Gasteiger partial charge in [-0.3, -0.25) is 14.4 Å². The number of carboxylic acid groups (broad SMARTS) is 5. The zero-order valence-electron chi connectivity index (χ0n) is 33.2. The predicted octanol–water partition coefficient (Wildman–Crippen LogP) is 8.82. The first-order valence-corrected chi connectivity index (χ1v) is 18.7. The minimum absolute atomic E-state index is 0.131. The van der Waals surface area contributed by atoms with Crippen molar-refractivity contribution in [2.24, 2.45) is 5.92 Å². The Hall–Kier alpha value is -7.54. The van der Waals surface area contributed by atoms with E-state index in [0.717, 1.165) is 41.2 Å². The number of aromatic carboxylic acids is 1. The number of carbonyl (C=O) groups excluding carboxylic acids is 1. The largest absolute Gasteiger partial charge is 0.481 e. The van der Waals surface area contributed by atoms with Gasteiger partial charge in [0.15, 0.2) is 0 Å². The topological polar surface area (TPSA) is 229 Å². The molecule has 13 nitrogen and oxygen atoms in total. The Morgan fingerprint density at radius 1 is 0.650 bits per heavy atom. The molecular weight excluding hydrogens is 771 g/mol. The molecule has 0 spiro atoms. The molecule has 314 valence electrons. The van der Waals surface area contributed by atoms with Crippen LogP contribution in [-0.4, -0.2) is 61.3 Å². The van der Waals surface area contributed by atoms with Gasteiger partial charge in [-0.2, -0.15) is 0 Å². The maximum Gasteiger partial charge on any atom is 0.352 e. The van der Waals surface area contributed by atoms with Crippen molar-refractivity contribution in [2.45, 2.75) is 51.4 Å². The van der Waals surface area contributed by atoms with Gasteiger partial charge >= 0.3 is 29.8 Å². The Morgan fingerprint density at radius 2 is 1.12 bits per heavy atom. The fourth-order valence-electron chi connectivity index (χ4n) is 5.92. The zero-order chi connectivity index (χ0) is 44.3. The molecule has 1 aliphatic rings. The number of carboxylic acids is 5. The van der Waals surface area contributed by atoms with Gasteiger partial charge in [-0.15, -0.1) is 0 Å². The first kappa shape index (κ1) is 48.6. The zero-order valence-corrected chi connectivity index (χ0v) is 33.2. The van der Waals surface area contributed by atoms with E-state index in [-0.39, 0.29) is 17.2 Å². The van der Waals surface area contributed by atoms with E-state index in [0.29, 0.717) is 5.92 Å². The molecule has 0 radical (unpaired) electrons. The minimum Gasteiger partial charge on any atom is -0.481 e. The van der Waals surface area contributed by atoms with Gasteiger partial charge in [-0.25, -0.2) is 14.4 Å². The van der Waals surface area contributed by atoms with E-state index in [1.165, 1.54) is 50.5 Å². The lowest BCUT2D eigenvalue weighted by atomic mass is 9.85. The van der Waals surface area contributed by atoms with Crippen LogP contribution in [0.1, 0.15) is 84.0 Å². The number of hydrogen-bond acceptors (Lipinski definition) is 7. The summed E-state index contributed by atoms with van der Waals surface area (Å²) in [5.41, 5.74) is 3.35. The summed E-state index contributed by atoms with van der Waals surface area (Å²) in [5.74, 6) is -5.45. The van der Waals surface area contributed by atoms with Crippen molar-refractivity contribution < 1.29 is 58.7 Å². The highest BCUT2D eigenvalue weighted by Gasteiger charge is 2.31. The Labute approximate surface area is 348 Å². The van der Waals surface area contributed by atoms with Crippen LogP contribution in [0.15, 0.2) is 162 Å². The molecular formula is C47H49NO12. The summed E-state index contributed by atoms with van der Waals surface area (Å²) in [7, 11) is 0. The van der Waals surface area contributed by atoms with Crippen molar-refractivity contribution in [1.82, 2.24) is 5.32 Å². The molecule has 6 rings (SSSR count). The minimum atomic E-state index is -1.16. The van der Waals surface area contributed by atoms with E-state index in [2.05, 4.69) is 9.73 Å². The van der Waals surface area contributed by atoms with Crippen LogP contribution in [0.5, 0.6) is 0 Å². The maximum absolute atomic E-state index is 11.3. The third-order valence-corrected chi connectivity index (χ3v) is 8.54. The van der Waals surface area contributed by atoms with Gasteiger partial charge in [-0.1, -0.05) is 140 Å². The molecule has 1 fully saturated rings. The molecule has 13 heteroatoms. The Kier molecular flexibility index (Phi) is 22.0. The summed E-state index contributed by atoms with van der Waals surface area (Å²) < 4.78 is 4.49. The van der Waals surface area contributed by atoms with Crippen molar-refractivity contribution in [3.8, 4) is 0 Å². The maximum atomic E-state index is 11.3. The quantitative estimate of drug-likeness (QED) is 0.0687. The van der Waals surface area contributed by atoms with Crippen LogP contribution < -0.4 is 5.32 Å². The number of rotatable bonds is 11. The van der Waals surface area contributed by atoms with Crippen LogP contribution >= 0.6 is 0 Å². The van der Waals surface area contributed by atoms with Gasteiger partial charge in [-0.05, 0) is 60.1 Å². The van der Waals surface area contributed by atoms with Gasteiger partial charge in [0.05, 0.1) is 17.7 Å². The fourth-order valence-corrected chi connectivity index (χ4v) is 5.92. The predicted molar refractivity (Wildman–Crippen MR) is 225 cm³/mol. The van der Waals surface area contributed by atoms with E-state index in [9.17, 15) is 39.0 Å². The monoisotopic (exact) mass is 819 g/mol. The van der Waals surface area contributed by atoms with Crippen molar-refractivity contribution in [3.05, 3.63) is 186 Å². The smallest absolute Gasteiger partial charge is 0.352 e. The second-order valence-corrected chi connectivity index (χ2v) is 13.0. The molecule has 1 atom stereocenters. The molecule has 5 aromatic rings. The number of hydrogen-bond donors (Lipinski definition) is 6. The number of aliphatic carboxylic acids is 4. The van der Waals surface area contributed by atoms with E-state index in [1.54, 1.807) is 31.2 Å². The normalized spacial score (nSPS) is 12.3. The molecule has 0 bridgehead atoms. The van der Waals surface area contributed by atoms with E-state index in [4.69, 9.17) is 15.3 Å². The summed E-state index contributed by atoms with van der Waals surface area (Å²) >= 11 is 0. The number of carbonyl (C=O) groups is 6. The van der Waals surface area contributed by atoms with Crippen LogP contribution in [0.2, 0.25) is 0 Å². The number of nitrogens with one attached hydrogen (secondary N) is 1. The van der Waals surface area contributed by atoms with Crippen molar-refractivity contribution in [2.75, 3.05) is 0 Å². The van der Waals surface area contributed by atoms with Crippen molar-refractivity contribution >= 4 is 41.8 Å². The van der Waals surface area contributed by atoms with Gasteiger partial charge < -0.3 is 35.3 Å². The van der Waals surface area contributed by atoms with E-state index >= 15 is 0 Å². The van der Waals surface area contributed by atoms with Crippen LogP contribution in [0.4, 0.5) is 0 Å². The highest BCUT2D eigenvalue weighted by molar-refractivity contribution is 5.96. The average molecular weight is 820 g/mol. The highest BCUT2D eigenvalue weighted by Crippen LogP contribution is 2.37. The first-order valence-electron chi connectivity index (χ1n) is 18.7. The number of furan rings is 1. The fraction of sp³-hybridized carbons (Fsp3) is 0.191. The number of benzene rings is 4. The second kappa shape index (κ2) is 27.2. The Bertz CT molecular complexity index is 2070. The van der Waals surface area contributed by atoms with Crippen molar-refractivity contribution in [1.29, 1.82) is 0 Å². The third-order valence-electron chi connectivity index (χ3n) is 8.54. The van der Waals surface area contributed by atoms with Crippen molar-refractivity contribution in [3.63, 3.8) is 0 Å². The summed E-state index contributed by atoms with van der Waals surface area (Å²) in [6.07, 6.45) is 11.0. The van der Waals surface area contributed by atoms with Crippen LogP contribution in [-0.2, 0) is 24.0 Å². The Morgan fingerprint density at radius 3 is 1.43 bits per heavy atom. The molecule has 1 amide bonds. The molecule has 60 heavy (non-hydrogen) atoms. The summed E-state index contributed by atoms with van der Waals surface area (Å²) in [5, 5.41) is 45.7. The lowest BCUT2D eigenvalue weighted by Gasteiger charge is -2.19. The molecule has 0 saturated heterocycles. The molecule has 1 aliphatic carbocycles. The van der Waals surface area contributed by atoms with E-state index < -0.39 is 41.7 Å². The highest BCUT2D eigenvalue weighted by atomic mass is 16.4. The number of amides is 1. The van der Waals surface area contributed by atoms with Gasteiger partial charge in [0.25, 0.3) is 0 Å². The van der Waals surface area contributed by atoms with Gasteiger partial charge in [0.2, 0.25) is 5.91 Å². The van der Waals surface area contributed by atoms with Gasteiger partial charge in [0, 0.05) is 13.0 Å². The molecule has 1 saturated carbocycles. The first-order chi connectivity index (χ1) is 28.7. The summed E-state index contributed by atoms with van der Waals surface area (Å²) in [6, 6.07) is 38.5. The standard InChI is InChI=1S/C14H12O2.C13H16O2.C11H11NO3.C5H4O3.C4H6O2/c15-14(16)13(11-7-3-1-4-8-11)12-9-5-2-6-10-12;14-13(15)12(11-8-4-5-9-11)10-6-2-1-3-7-10;1-8(13)12-10(11(14)15)7-9-5-3-2-4-6-9;6-5(7)4-1-2-8-3-4;1-2-3-4(5)6/h1-10,13H,(H,15,16);1-3,6-7,11-12H,4-5,8-9H2,(H,14,15);2-7H,1H3,(H,12,13)(H,14,15);1-3H,(H,6,7);2-3H,1H3,(H,5,6). The molecule has 1 unspecified atom stereocenters. The average Bonchev–Trinajstić information content (AvgIpc) is 3.97. The number of allylic oxidation sites excluding steroid dienone is 1. The Balaban J connectivity index is 0.000000269. The lowest BCUT2D eigenvalue weighted by Crippen LogP contribution is -2.24. The SMILES string of the molecule is CC(=O)NC(=Cc1ccccc1)C(=O)O.CC=CC(=O)O.O=C(O)C(c1ccccc1)C1CCCC1.O=C(O)C(c1ccccc1)c1ccccc1.O=C(O)c1ccoc1. The molecule has 1 aromatic heterocycles. The third kappa shape index (κ3) is 18.6. The van der Waals surface area contributed by atoms with Crippen LogP contribution in [0.3, 0.4) is 0 Å². The summed E-state index contributed by atoms with van der Waals surface area (Å²) in [4.78, 5) is 63.6. The second-order valence-electron chi connectivity index (χ2n) is 13.0. The van der Waals surface area contributed by atoms with E-state index in [1.807, 2.05) is 97.1 Å². The lowest BCUT2D eigenvalue weighted by molar-refractivity contribution is -0.140. The molecule has 0 aliphatic heterocycles. The molecule has 6 N–H and O–H groups in total. The molecule has 1 heterocycles. The van der Waals surface area contributed by atoms with Gasteiger partial charge in [0.1, 0.15) is 17.9 Å². The summed E-state index contributed by atoms with van der Waals surface area (Å²) in [6.45, 7) is 2.93. The van der Waals surface area contributed by atoms with Crippen LogP contribution in [0, 0.1) is 5.92 Å². The van der Waals surface area contributed by atoms with Crippen LogP contribution in [0.25, 0.3) is 6.08 Å². The molecule has 4 aromatic carbocycles.